The largest absolute Gasteiger partial charge is 0.456 e. The van der Waals surface area contributed by atoms with E-state index in [4.69, 9.17) is 19.4 Å². The molecule has 7 aromatic carbocycles. The number of fused-ring (bicyclic) bond motifs is 6. The van der Waals surface area contributed by atoms with E-state index >= 15 is 0 Å². The van der Waals surface area contributed by atoms with E-state index in [1.807, 2.05) is 18.2 Å². The Morgan fingerprint density at radius 1 is 0.365 bits per heavy atom. The second-order valence-corrected chi connectivity index (χ2v) is 14.1. The summed E-state index contributed by atoms with van der Waals surface area (Å²) in [5, 5.41) is 2.13. The summed E-state index contributed by atoms with van der Waals surface area (Å²) in [5.74, 6) is 1.85. The Kier molecular flexibility index (Phi) is 6.80. The Balaban J connectivity index is 1.15. The van der Waals surface area contributed by atoms with E-state index in [-0.39, 0.29) is 5.41 Å². The van der Waals surface area contributed by atoms with Gasteiger partial charge in [0.2, 0.25) is 0 Å². The SMILES string of the molecule is CC1(C)c2ccccc2-c2cc3c(cc21)oc1ccc(-c2nc(-c4cccc(-c5ccccc5)c4)nc(-c4cccc(-c5ccccc5)c4)n2)cc13. The van der Waals surface area contributed by atoms with Gasteiger partial charge < -0.3 is 4.42 Å². The van der Waals surface area contributed by atoms with E-state index in [0.717, 1.165) is 60.9 Å². The summed E-state index contributed by atoms with van der Waals surface area (Å²) in [7, 11) is 0. The van der Waals surface area contributed by atoms with Gasteiger partial charge in [0.15, 0.2) is 17.5 Å². The lowest BCUT2D eigenvalue weighted by molar-refractivity contribution is 0.647. The fraction of sp³-hybridized carbons (Fsp3) is 0.0625. The van der Waals surface area contributed by atoms with E-state index in [0.29, 0.717) is 17.5 Å². The number of rotatable bonds is 5. The highest BCUT2D eigenvalue weighted by atomic mass is 16.3. The molecule has 0 spiro atoms. The van der Waals surface area contributed by atoms with Crippen molar-refractivity contribution in [3.8, 4) is 67.5 Å². The molecule has 0 atom stereocenters. The van der Waals surface area contributed by atoms with Crippen LogP contribution in [0.3, 0.4) is 0 Å². The van der Waals surface area contributed by atoms with E-state index in [2.05, 4.69) is 159 Å². The van der Waals surface area contributed by atoms with E-state index < -0.39 is 0 Å². The van der Waals surface area contributed by atoms with Crippen LogP contribution in [-0.2, 0) is 5.41 Å². The van der Waals surface area contributed by atoms with Crippen LogP contribution in [0.15, 0.2) is 168 Å². The Labute approximate surface area is 302 Å². The second kappa shape index (κ2) is 11.7. The molecule has 2 aromatic heterocycles. The molecule has 0 N–H and O–H groups in total. The molecule has 10 rings (SSSR count). The topological polar surface area (TPSA) is 51.8 Å². The van der Waals surface area contributed by atoms with Crippen LogP contribution in [0.5, 0.6) is 0 Å². The van der Waals surface area contributed by atoms with Crippen molar-refractivity contribution in [1.29, 1.82) is 0 Å². The van der Waals surface area contributed by atoms with Crippen molar-refractivity contribution in [2.75, 3.05) is 0 Å². The summed E-state index contributed by atoms with van der Waals surface area (Å²) in [5.41, 5.74) is 14.1. The molecule has 0 aliphatic heterocycles. The first-order chi connectivity index (χ1) is 25.5. The van der Waals surface area contributed by atoms with Crippen LogP contribution in [0.1, 0.15) is 25.0 Å². The van der Waals surface area contributed by atoms with E-state index in [1.54, 1.807) is 0 Å². The molecule has 1 aliphatic rings. The standard InChI is InChI=1S/C48H33N3O/c1-48(2)41-22-10-9-21-37(41)38-28-40-39-27-36(23-24-43(39)52-44(40)29-42(38)48)47-50-45(34-19-11-17-32(25-34)30-13-5-3-6-14-30)49-46(51-47)35-20-12-18-33(26-35)31-15-7-4-8-16-31/h3-29H,1-2H3. The van der Waals surface area contributed by atoms with Crippen LogP contribution >= 0.6 is 0 Å². The van der Waals surface area contributed by atoms with Crippen LogP contribution < -0.4 is 0 Å². The van der Waals surface area contributed by atoms with Crippen molar-refractivity contribution in [2.24, 2.45) is 0 Å². The van der Waals surface area contributed by atoms with Crippen LogP contribution in [0.2, 0.25) is 0 Å². The van der Waals surface area contributed by atoms with Gasteiger partial charge in [-0.2, -0.15) is 0 Å². The first kappa shape index (κ1) is 30.2. The van der Waals surface area contributed by atoms with Gasteiger partial charge in [-0.05, 0) is 87.0 Å². The number of furan rings is 1. The molecular weight excluding hydrogens is 635 g/mol. The summed E-state index contributed by atoms with van der Waals surface area (Å²) in [6.45, 7) is 4.59. The normalized spacial score (nSPS) is 13.0. The maximum atomic E-state index is 6.50. The molecule has 0 bridgehead atoms. The lowest BCUT2D eigenvalue weighted by atomic mass is 9.82. The molecule has 0 saturated heterocycles. The number of aromatic nitrogens is 3. The lowest BCUT2D eigenvalue weighted by Gasteiger charge is -2.21. The van der Waals surface area contributed by atoms with Crippen molar-refractivity contribution < 1.29 is 4.42 Å². The van der Waals surface area contributed by atoms with Crippen molar-refractivity contribution in [3.05, 3.63) is 175 Å². The minimum atomic E-state index is -0.0996. The molecule has 1 aliphatic carbocycles. The van der Waals surface area contributed by atoms with E-state index in [9.17, 15) is 0 Å². The van der Waals surface area contributed by atoms with Crippen molar-refractivity contribution in [3.63, 3.8) is 0 Å². The smallest absolute Gasteiger partial charge is 0.164 e. The highest BCUT2D eigenvalue weighted by molar-refractivity contribution is 6.08. The van der Waals surface area contributed by atoms with Gasteiger partial charge in [-0.3, -0.25) is 0 Å². The number of benzene rings is 7. The molecule has 4 heteroatoms. The minimum Gasteiger partial charge on any atom is -0.456 e. The van der Waals surface area contributed by atoms with Gasteiger partial charge in [0.05, 0.1) is 0 Å². The molecule has 9 aromatic rings. The second-order valence-electron chi connectivity index (χ2n) is 14.1. The number of hydrogen-bond donors (Lipinski definition) is 0. The van der Waals surface area contributed by atoms with Gasteiger partial charge in [-0.1, -0.05) is 135 Å². The third-order valence-corrected chi connectivity index (χ3v) is 10.5. The molecule has 0 saturated carbocycles. The predicted molar refractivity (Wildman–Crippen MR) is 212 cm³/mol. The van der Waals surface area contributed by atoms with Crippen LogP contribution in [0.4, 0.5) is 0 Å². The Hall–Kier alpha value is -6.65. The average Bonchev–Trinajstić information content (AvgIpc) is 3.68. The van der Waals surface area contributed by atoms with Gasteiger partial charge in [0.25, 0.3) is 0 Å². The first-order valence-electron chi connectivity index (χ1n) is 17.7. The molecular formula is C48H33N3O. The average molecular weight is 668 g/mol. The zero-order valence-corrected chi connectivity index (χ0v) is 28.8. The predicted octanol–water partition coefficient (Wildman–Crippen LogP) is 12.4. The van der Waals surface area contributed by atoms with Crippen molar-refractivity contribution in [1.82, 2.24) is 15.0 Å². The minimum absolute atomic E-state index is 0.0996. The third kappa shape index (κ3) is 4.95. The van der Waals surface area contributed by atoms with Gasteiger partial charge >= 0.3 is 0 Å². The van der Waals surface area contributed by atoms with E-state index in [1.165, 1.54) is 22.3 Å². The van der Waals surface area contributed by atoms with Gasteiger partial charge in [-0.25, -0.2) is 15.0 Å². The Morgan fingerprint density at radius 2 is 0.865 bits per heavy atom. The maximum absolute atomic E-state index is 6.50. The van der Waals surface area contributed by atoms with Crippen LogP contribution in [-0.4, -0.2) is 15.0 Å². The summed E-state index contributed by atoms with van der Waals surface area (Å²) in [4.78, 5) is 15.4. The van der Waals surface area contributed by atoms with Crippen molar-refractivity contribution in [2.45, 2.75) is 19.3 Å². The molecule has 0 unspecified atom stereocenters. The zero-order chi connectivity index (χ0) is 34.8. The summed E-state index contributed by atoms with van der Waals surface area (Å²) in [6.07, 6.45) is 0. The monoisotopic (exact) mass is 667 g/mol. The Morgan fingerprint density at radius 3 is 1.48 bits per heavy atom. The van der Waals surface area contributed by atoms with Crippen molar-refractivity contribution >= 4 is 21.9 Å². The molecule has 52 heavy (non-hydrogen) atoms. The lowest BCUT2D eigenvalue weighted by Crippen LogP contribution is -2.14. The molecule has 246 valence electrons. The van der Waals surface area contributed by atoms with Gasteiger partial charge in [-0.15, -0.1) is 0 Å². The summed E-state index contributed by atoms with van der Waals surface area (Å²) >= 11 is 0. The molecule has 0 radical (unpaired) electrons. The molecule has 4 nitrogen and oxygen atoms in total. The summed E-state index contributed by atoms with van der Waals surface area (Å²) in [6, 6.07) is 57.2. The fourth-order valence-corrected chi connectivity index (χ4v) is 7.81. The van der Waals surface area contributed by atoms with Crippen LogP contribution in [0.25, 0.3) is 89.5 Å². The van der Waals surface area contributed by atoms with Gasteiger partial charge in [0.1, 0.15) is 11.2 Å². The number of hydrogen-bond acceptors (Lipinski definition) is 4. The maximum Gasteiger partial charge on any atom is 0.164 e. The number of nitrogens with zero attached hydrogens (tertiary/aromatic N) is 3. The quantitative estimate of drug-likeness (QED) is 0.183. The summed E-state index contributed by atoms with van der Waals surface area (Å²) < 4.78 is 6.50. The van der Waals surface area contributed by atoms with Crippen LogP contribution in [0, 0.1) is 0 Å². The highest BCUT2D eigenvalue weighted by Crippen LogP contribution is 2.50. The molecule has 0 amide bonds. The fourth-order valence-electron chi connectivity index (χ4n) is 7.81. The first-order valence-corrected chi connectivity index (χ1v) is 17.7. The zero-order valence-electron chi connectivity index (χ0n) is 28.8. The van der Waals surface area contributed by atoms with Gasteiger partial charge in [0, 0.05) is 32.9 Å². The molecule has 2 heterocycles. The Bertz CT molecular complexity index is 2720. The third-order valence-electron chi connectivity index (χ3n) is 10.5. The molecule has 0 fully saturated rings. The highest BCUT2D eigenvalue weighted by Gasteiger charge is 2.36.